The Kier molecular flexibility index (Phi) is 7.46. The van der Waals surface area contributed by atoms with Crippen LogP contribution in [-0.2, 0) is 4.79 Å². The van der Waals surface area contributed by atoms with E-state index in [1.165, 1.54) is 0 Å². The molecule has 1 aromatic heterocycles. The van der Waals surface area contributed by atoms with Crippen LogP contribution in [0.15, 0.2) is 47.2 Å². The highest BCUT2D eigenvalue weighted by Gasteiger charge is 2.22. The molecule has 1 unspecified atom stereocenters. The smallest absolute Gasteiger partial charge is 0.253 e. The van der Waals surface area contributed by atoms with Gasteiger partial charge in [-0.25, -0.2) is 0 Å². The van der Waals surface area contributed by atoms with Crippen LogP contribution >= 0.6 is 27.7 Å². The van der Waals surface area contributed by atoms with Crippen molar-refractivity contribution in [1.29, 1.82) is 0 Å². The fourth-order valence-electron chi connectivity index (χ4n) is 2.20. The summed E-state index contributed by atoms with van der Waals surface area (Å²) in [7, 11) is 0. The van der Waals surface area contributed by atoms with Crippen molar-refractivity contribution in [1.82, 2.24) is 10.3 Å². The molecule has 0 aliphatic rings. The van der Waals surface area contributed by atoms with Crippen LogP contribution in [0.1, 0.15) is 22.3 Å². The van der Waals surface area contributed by atoms with Gasteiger partial charge in [-0.15, -0.1) is 0 Å². The summed E-state index contributed by atoms with van der Waals surface area (Å²) in [5.41, 5.74) is 2.07. The third kappa shape index (κ3) is 5.57. The van der Waals surface area contributed by atoms with Gasteiger partial charge in [-0.05, 0) is 65.0 Å². The lowest BCUT2D eigenvalue weighted by Gasteiger charge is -2.19. The highest BCUT2D eigenvalue weighted by atomic mass is 79.9. The lowest BCUT2D eigenvalue weighted by molar-refractivity contribution is -0.118. The number of rotatable bonds is 7. The van der Waals surface area contributed by atoms with Crippen molar-refractivity contribution in [3.8, 4) is 0 Å². The summed E-state index contributed by atoms with van der Waals surface area (Å²) >= 11 is 5.00. The van der Waals surface area contributed by atoms with Crippen LogP contribution in [0.2, 0.25) is 0 Å². The molecule has 1 atom stereocenters. The standard InChI is InChI=1S/C18H20BrN3O2S/c1-12-7-9-20-11-16(12)22-18(24)15(8-10-25-2)21-17(23)13-5-3-4-6-14(13)19/h3-7,9,11,15H,8,10H2,1-2H3,(H,21,23)(H,22,24). The summed E-state index contributed by atoms with van der Waals surface area (Å²) in [6, 6.07) is 8.34. The Morgan fingerprint density at radius 3 is 2.72 bits per heavy atom. The van der Waals surface area contributed by atoms with Crippen molar-refractivity contribution >= 4 is 45.2 Å². The topological polar surface area (TPSA) is 71.1 Å². The maximum absolute atomic E-state index is 12.6. The van der Waals surface area contributed by atoms with E-state index in [-0.39, 0.29) is 11.8 Å². The third-order valence-corrected chi connectivity index (χ3v) is 4.98. The number of hydrogen-bond donors (Lipinski definition) is 2. The van der Waals surface area contributed by atoms with Gasteiger partial charge in [0.05, 0.1) is 17.4 Å². The molecule has 25 heavy (non-hydrogen) atoms. The zero-order chi connectivity index (χ0) is 18.2. The first-order valence-electron chi connectivity index (χ1n) is 7.78. The molecule has 0 aliphatic carbocycles. The second kappa shape index (κ2) is 9.58. The summed E-state index contributed by atoms with van der Waals surface area (Å²) < 4.78 is 0.694. The molecule has 0 spiro atoms. The first-order chi connectivity index (χ1) is 12.0. The minimum absolute atomic E-state index is 0.245. The molecule has 2 N–H and O–H groups in total. The van der Waals surface area contributed by atoms with Crippen molar-refractivity contribution in [3.05, 3.63) is 58.3 Å². The van der Waals surface area contributed by atoms with Gasteiger partial charge in [0.1, 0.15) is 6.04 Å². The van der Waals surface area contributed by atoms with Crippen molar-refractivity contribution in [2.75, 3.05) is 17.3 Å². The maximum atomic E-state index is 12.6. The molecule has 132 valence electrons. The number of aromatic nitrogens is 1. The number of thioether (sulfide) groups is 1. The van der Waals surface area contributed by atoms with Crippen LogP contribution in [0.5, 0.6) is 0 Å². The minimum atomic E-state index is -0.619. The van der Waals surface area contributed by atoms with Crippen molar-refractivity contribution in [2.45, 2.75) is 19.4 Å². The zero-order valence-electron chi connectivity index (χ0n) is 14.1. The quantitative estimate of drug-likeness (QED) is 0.715. The van der Waals surface area contributed by atoms with Gasteiger partial charge < -0.3 is 10.6 Å². The lowest BCUT2D eigenvalue weighted by atomic mass is 10.1. The van der Waals surface area contributed by atoms with Crippen LogP contribution in [-0.4, -0.2) is 34.8 Å². The number of nitrogens with one attached hydrogen (secondary N) is 2. The Labute approximate surface area is 160 Å². The van der Waals surface area contributed by atoms with E-state index in [9.17, 15) is 9.59 Å². The molecule has 2 amide bonds. The minimum Gasteiger partial charge on any atom is -0.340 e. The van der Waals surface area contributed by atoms with Gasteiger partial charge >= 0.3 is 0 Å². The second-order valence-electron chi connectivity index (χ2n) is 5.47. The van der Waals surface area contributed by atoms with E-state index < -0.39 is 6.04 Å². The van der Waals surface area contributed by atoms with E-state index in [1.54, 1.807) is 42.4 Å². The lowest BCUT2D eigenvalue weighted by Crippen LogP contribution is -2.44. The molecule has 0 radical (unpaired) electrons. The molecule has 0 aliphatic heterocycles. The molecule has 2 rings (SSSR count). The number of carbonyl (C=O) groups is 2. The molecule has 1 aromatic carbocycles. The number of amides is 2. The van der Waals surface area contributed by atoms with Crippen LogP contribution < -0.4 is 10.6 Å². The highest BCUT2D eigenvalue weighted by Crippen LogP contribution is 2.17. The normalized spacial score (nSPS) is 11.6. The van der Waals surface area contributed by atoms with Crippen molar-refractivity contribution in [3.63, 3.8) is 0 Å². The molecule has 7 heteroatoms. The number of aryl methyl sites for hydroxylation is 1. The second-order valence-corrected chi connectivity index (χ2v) is 7.31. The molecule has 2 aromatic rings. The number of carbonyl (C=O) groups excluding carboxylic acids is 2. The summed E-state index contributed by atoms with van der Waals surface area (Å²) in [6.45, 7) is 1.90. The van der Waals surface area contributed by atoms with Crippen molar-refractivity contribution < 1.29 is 9.59 Å². The fourth-order valence-corrected chi connectivity index (χ4v) is 3.14. The van der Waals surface area contributed by atoms with Crippen LogP contribution in [0, 0.1) is 6.92 Å². The Morgan fingerprint density at radius 2 is 2.04 bits per heavy atom. The largest absolute Gasteiger partial charge is 0.340 e. The Hall–Kier alpha value is -1.86. The number of pyridine rings is 1. The van der Waals surface area contributed by atoms with Gasteiger partial charge in [-0.1, -0.05) is 12.1 Å². The van der Waals surface area contributed by atoms with Crippen LogP contribution in [0.3, 0.4) is 0 Å². The van der Waals surface area contributed by atoms with E-state index in [2.05, 4.69) is 31.5 Å². The number of nitrogens with zero attached hydrogens (tertiary/aromatic N) is 1. The summed E-state index contributed by atoms with van der Waals surface area (Å²) in [6.07, 6.45) is 5.79. The molecular weight excluding hydrogens is 402 g/mol. The number of halogens is 1. The first kappa shape index (κ1) is 19.5. The summed E-state index contributed by atoms with van der Waals surface area (Å²) in [5, 5.41) is 5.69. The SMILES string of the molecule is CSCCC(NC(=O)c1ccccc1Br)C(=O)Nc1cnccc1C. The zero-order valence-corrected chi connectivity index (χ0v) is 16.5. The predicted molar refractivity (Wildman–Crippen MR) is 106 cm³/mol. The van der Waals surface area contributed by atoms with Crippen LogP contribution in [0.4, 0.5) is 5.69 Å². The monoisotopic (exact) mass is 421 g/mol. The van der Waals surface area contributed by atoms with Gasteiger partial charge in [0.15, 0.2) is 0 Å². The van der Waals surface area contributed by atoms with E-state index in [1.807, 2.05) is 25.3 Å². The molecule has 5 nitrogen and oxygen atoms in total. The number of hydrogen-bond acceptors (Lipinski definition) is 4. The molecule has 0 bridgehead atoms. The van der Waals surface area contributed by atoms with Gasteiger partial charge in [0.2, 0.25) is 5.91 Å². The van der Waals surface area contributed by atoms with Gasteiger partial charge in [0.25, 0.3) is 5.91 Å². The van der Waals surface area contributed by atoms with Gasteiger partial charge in [0, 0.05) is 10.7 Å². The molecular formula is C18H20BrN3O2S. The van der Waals surface area contributed by atoms with E-state index in [4.69, 9.17) is 0 Å². The van der Waals surface area contributed by atoms with Gasteiger partial charge in [-0.2, -0.15) is 11.8 Å². The van der Waals surface area contributed by atoms with E-state index >= 15 is 0 Å². The Bertz CT molecular complexity index is 755. The number of benzene rings is 1. The Balaban J connectivity index is 2.12. The average Bonchev–Trinajstić information content (AvgIpc) is 2.60. The predicted octanol–water partition coefficient (Wildman–Crippen LogP) is 3.64. The van der Waals surface area contributed by atoms with Crippen LogP contribution in [0.25, 0.3) is 0 Å². The van der Waals surface area contributed by atoms with Crippen molar-refractivity contribution in [2.24, 2.45) is 0 Å². The first-order valence-corrected chi connectivity index (χ1v) is 9.97. The average molecular weight is 422 g/mol. The van der Waals surface area contributed by atoms with E-state index in [0.29, 0.717) is 22.1 Å². The van der Waals surface area contributed by atoms with Gasteiger partial charge in [-0.3, -0.25) is 14.6 Å². The molecule has 0 saturated carbocycles. The fraction of sp³-hybridized carbons (Fsp3) is 0.278. The summed E-state index contributed by atoms with van der Waals surface area (Å²) in [4.78, 5) is 29.2. The molecule has 1 heterocycles. The summed E-state index contributed by atoms with van der Waals surface area (Å²) in [5.74, 6) is 0.238. The number of anilines is 1. The third-order valence-electron chi connectivity index (χ3n) is 3.65. The maximum Gasteiger partial charge on any atom is 0.253 e. The molecule has 0 saturated heterocycles. The Morgan fingerprint density at radius 1 is 1.28 bits per heavy atom. The highest BCUT2D eigenvalue weighted by molar-refractivity contribution is 9.10. The van der Waals surface area contributed by atoms with E-state index in [0.717, 1.165) is 11.3 Å². The molecule has 0 fully saturated rings.